The Bertz CT molecular complexity index is 6840. The van der Waals surface area contributed by atoms with Gasteiger partial charge in [-0.25, -0.2) is 38.3 Å². The number of aliphatic hydroxyl groups excluding tert-OH is 2. The van der Waals surface area contributed by atoms with Crippen LogP contribution in [0.1, 0.15) is 48.6 Å². The van der Waals surface area contributed by atoms with Gasteiger partial charge in [0.15, 0.2) is 28.8 Å². The number of aromatic nitrogens is 4. The van der Waals surface area contributed by atoms with E-state index >= 15 is 0 Å². The Morgan fingerprint density at radius 3 is 0.939 bits per heavy atom. The number of aliphatic imine (C=N–C) groups is 3. The topological polar surface area (TPSA) is 480 Å². The van der Waals surface area contributed by atoms with E-state index < -0.39 is 53.2 Å². The highest BCUT2D eigenvalue weighted by molar-refractivity contribution is 6.30. The van der Waals surface area contributed by atoms with E-state index in [9.17, 15) is 73.2 Å². The third-order valence-electron chi connectivity index (χ3n) is 24.0. The molecule has 2 atom stereocenters. The number of carbonyl (C=O) groups excluding carboxylic acids is 9. The Hall–Kier alpha value is -18.3. The third-order valence-corrected chi connectivity index (χ3v) is 24.0. The quantitative estimate of drug-likeness (QED) is 0.0161. The van der Waals surface area contributed by atoms with Crippen molar-refractivity contribution in [1.82, 2.24) is 23.7 Å². The molecule has 9 heterocycles. The summed E-state index contributed by atoms with van der Waals surface area (Å²) in [6.45, 7) is 4.83. The van der Waals surface area contributed by atoms with Gasteiger partial charge in [0.05, 0.1) is 187 Å². The van der Waals surface area contributed by atoms with Crippen LogP contribution in [-0.4, -0.2) is 246 Å². The minimum atomic E-state index is -1.39. The van der Waals surface area contributed by atoms with Crippen molar-refractivity contribution < 1.29 is 135 Å². The number of Topliss-reactive ketones (excluding diaryl/α,β-unsaturated/α-hetero) is 1. The molecule has 18 rings (SSSR count). The normalized spacial score (nSPS) is 15.0. The molecular weight excluding hydrogens is 1910 g/mol. The zero-order valence-corrected chi connectivity index (χ0v) is 83.6. The van der Waals surface area contributed by atoms with Crippen molar-refractivity contribution in [2.45, 2.75) is 40.0 Å². The van der Waals surface area contributed by atoms with Crippen LogP contribution in [-0.2, 0) is 90.7 Å². The number of esters is 3. The number of aromatic hydroxyl groups is 2. The number of para-hydroxylation sites is 3. The summed E-state index contributed by atoms with van der Waals surface area (Å²) >= 11 is 0. The van der Waals surface area contributed by atoms with E-state index in [1.165, 1.54) is 100 Å². The summed E-state index contributed by atoms with van der Waals surface area (Å²) in [5.74, 6) is -2.44. The second kappa shape index (κ2) is 46.6. The van der Waals surface area contributed by atoms with Crippen molar-refractivity contribution in [2.24, 2.45) is 40.9 Å². The van der Waals surface area contributed by atoms with Gasteiger partial charge in [0.1, 0.15) is 91.6 Å². The van der Waals surface area contributed by atoms with Crippen LogP contribution in [0.5, 0.6) is 80.8 Å². The largest absolute Gasteiger partial charge is 0.509 e. The number of fused-ring (bicyclic) bond motifs is 3. The summed E-state index contributed by atoms with van der Waals surface area (Å²) in [4.78, 5) is 154. The molecule has 2 aromatic heterocycles. The maximum atomic E-state index is 13.2. The molecule has 768 valence electrons. The molecule has 2 unspecified atom stereocenters. The maximum absolute atomic E-state index is 13.2. The summed E-state index contributed by atoms with van der Waals surface area (Å²) in [7, 11) is 23.0. The van der Waals surface area contributed by atoms with E-state index in [-0.39, 0.29) is 108 Å². The molecule has 0 spiro atoms. The average Bonchev–Trinajstić information content (AvgIpc) is 1.61. The molecule has 2 saturated heterocycles. The van der Waals surface area contributed by atoms with E-state index in [0.717, 1.165) is 33.8 Å². The lowest BCUT2D eigenvalue weighted by atomic mass is 9.98. The van der Waals surface area contributed by atoms with Gasteiger partial charge >= 0.3 is 17.9 Å². The van der Waals surface area contributed by atoms with Crippen LogP contribution in [0.2, 0.25) is 0 Å². The van der Waals surface area contributed by atoms with Crippen molar-refractivity contribution in [2.75, 3.05) is 152 Å². The molecule has 2 fully saturated rings. The minimum absolute atomic E-state index is 0.108. The number of rotatable bonds is 27. The molecule has 0 radical (unpaired) electrons. The van der Waals surface area contributed by atoms with Crippen LogP contribution in [0.4, 0.5) is 39.8 Å². The molecule has 0 saturated carbocycles. The minimum Gasteiger partial charge on any atom is -0.509 e. The summed E-state index contributed by atoms with van der Waals surface area (Å²) in [5.41, 5.74) is 9.16. The first-order chi connectivity index (χ1) is 70.6. The molecule has 11 aromatic rings. The number of hydrogen-bond donors (Lipinski definition) is 4. The number of amides is 5. The first kappa shape index (κ1) is 106. The molecule has 5 amide bonds. The van der Waals surface area contributed by atoms with E-state index in [1.54, 1.807) is 180 Å². The van der Waals surface area contributed by atoms with Crippen LogP contribution < -0.4 is 87.7 Å². The number of ketones is 1. The number of ether oxygens (including phenoxy) is 15. The van der Waals surface area contributed by atoms with Gasteiger partial charge < -0.3 is 106 Å². The number of aliphatic hydroxyl groups is 2. The predicted molar refractivity (Wildman–Crippen MR) is 538 cm³/mol. The molecule has 4 N–H and O–H groups in total. The van der Waals surface area contributed by atoms with Crippen LogP contribution in [0, 0.1) is 11.8 Å². The molecule has 0 aliphatic carbocycles. The molecule has 7 aliphatic rings. The Morgan fingerprint density at radius 1 is 0.340 bits per heavy atom. The Balaban J connectivity index is 0.000000148. The number of hydrogen-bond acceptors (Lipinski definition) is 33. The van der Waals surface area contributed by atoms with Gasteiger partial charge in [-0.3, -0.25) is 58.1 Å². The molecular formula is C105H108N12O30. The van der Waals surface area contributed by atoms with E-state index in [0.29, 0.717) is 140 Å². The highest BCUT2D eigenvalue weighted by Crippen LogP contribution is 2.42. The molecule has 7 aliphatic heterocycles. The number of methoxy groups -OCH3 is 12. The highest BCUT2D eigenvalue weighted by atomic mass is 16.6. The third kappa shape index (κ3) is 22.5. The lowest BCUT2D eigenvalue weighted by molar-refractivity contribution is -0.153. The second-order valence-electron chi connectivity index (χ2n) is 32.6. The highest BCUT2D eigenvalue weighted by Gasteiger charge is 2.50. The molecule has 42 nitrogen and oxygen atoms in total. The van der Waals surface area contributed by atoms with Gasteiger partial charge in [0.25, 0.3) is 34.7 Å². The smallest absolute Gasteiger partial charge is 0.347 e. The molecule has 147 heavy (non-hydrogen) atoms. The summed E-state index contributed by atoms with van der Waals surface area (Å²) in [6, 6.07) is 53.0. The van der Waals surface area contributed by atoms with Crippen LogP contribution >= 0.6 is 0 Å². The number of nitrogens with zero attached hydrogens (tertiary/aromatic N) is 12. The number of benzene rings is 9. The fraction of sp³-hybridized carbons (Fsp3) is 0.276. The molecule has 9 aromatic carbocycles. The van der Waals surface area contributed by atoms with Crippen molar-refractivity contribution in [3.8, 4) is 92.1 Å². The van der Waals surface area contributed by atoms with Gasteiger partial charge in [0.2, 0.25) is 17.7 Å². The summed E-state index contributed by atoms with van der Waals surface area (Å²) in [6.07, 6.45) is 1.51. The van der Waals surface area contributed by atoms with Gasteiger partial charge in [-0.05, 0) is 55.7 Å². The number of hydrazine groups is 1. The first-order valence-electron chi connectivity index (χ1n) is 45.5. The maximum Gasteiger partial charge on any atom is 0.347 e. The Labute approximate surface area is 842 Å². The average molecular weight is 2020 g/mol. The van der Waals surface area contributed by atoms with Crippen molar-refractivity contribution in [3.05, 3.63) is 253 Å². The fourth-order valence-corrected chi connectivity index (χ4v) is 16.6. The van der Waals surface area contributed by atoms with Crippen LogP contribution in [0.15, 0.2) is 229 Å². The fourth-order valence-electron chi connectivity index (χ4n) is 16.6. The zero-order valence-electron chi connectivity index (χ0n) is 83.6. The Kier molecular flexibility index (Phi) is 33.6. The van der Waals surface area contributed by atoms with Crippen molar-refractivity contribution in [1.29, 1.82) is 0 Å². The lowest BCUT2D eigenvalue weighted by Gasteiger charge is -2.24. The van der Waals surface area contributed by atoms with Crippen molar-refractivity contribution in [3.63, 3.8) is 0 Å². The molecule has 0 bridgehead atoms. The standard InChI is InChI=1S/3C20H19N3O4.3C15H17NO6/c3*1-22-19(24)18(17-8-12-6-4-5-7-16(12)21-17)20(25)23(22)13-9-14(26-2)11-15(10-13)27-3;3*1-4-22-15(19)13-12(17)8-16(14(13)18)9-5-10(20-2)7-11(6-9)21-3/h2*4-7,9-11,24H,8H2,1-3H3;4-7,9-11,18H,8H2,1-3H3;2*5-7,17H,4,8H2,1-3H3;5-7,13H,4,8H2,1-3H3. The van der Waals surface area contributed by atoms with Gasteiger partial charge in [-0.2, -0.15) is 0 Å². The Morgan fingerprint density at radius 2 is 0.633 bits per heavy atom. The van der Waals surface area contributed by atoms with E-state index in [1.807, 2.05) is 72.8 Å². The van der Waals surface area contributed by atoms with Gasteiger partial charge in [0, 0.05) is 155 Å². The summed E-state index contributed by atoms with van der Waals surface area (Å²) in [5, 5.41) is 43.8. The predicted octanol–water partition coefficient (Wildman–Crippen LogP) is 11.2. The second-order valence-corrected chi connectivity index (χ2v) is 32.6. The van der Waals surface area contributed by atoms with Crippen LogP contribution in [0.25, 0.3) is 11.4 Å². The SMILES string of the molecule is CCOC(=O)C1=C(O)CN(c2cc(OC)cc(OC)c2)C1=O.CCOC(=O)C1=C(O)CN(c2cc(OC)cc(OC)c2)C1=O.CCOC(=O)C1C(=O)CN(c2cc(OC)cc(OC)c2)C1=O.COc1cc(OC)cc(-n2c(=O)c(C3=Nc4ccccc4C3)c(O)n2C)c1.COc1cc(OC)cc(-n2c(=O)c(C3=Nc4ccccc4C3)c(O)n2C)c1.COc1cc(OC)cc(N2C(=O)C(C3=Nc4ccccc4C3)C(=O)N2C)c1. The van der Waals surface area contributed by atoms with E-state index in [2.05, 4.69) is 15.0 Å². The number of anilines is 4. The van der Waals surface area contributed by atoms with Crippen LogP contribution in [0.3, 0.4) is 0 Å². The van der Waals surface area contributed by atoms with Crippen molar-refractivity contribution >= 4 is 110 Å². The van der Waals surface area contributed by atoms with Gasteiger partial charge in [-0.1, -0.05) is 54.6 Å². The first-order valence-corrected chi connectivity index (χ1v) is 45.5. The zero-order chi connectivity index (χ0) is 106. The lowest BCUT2D eigenvalue weighted by Crippen LogP contribution is -2.37. The monoisotopic (exact) mass is 2020 g/mol. The van der Waals surface area contributed by atoms with Gasteiger partial charge in [-0.15, -0.1) is 0 Å². The summed E-state index contributed by atoms with van der Waals surface area (Å²) < 4.78 is 82.5. The molecule has 42 heteroatoms. The number of carbonyl (C=O) groups is 9. The van der Waals surface area contributed by atoms with E-state index in [4.69, 9.17) is 71.1 Å².